The standard InChI is InChI=1S/C16H20FN3O4S/c17-12-4-2-1-3-11(12)14-7-8-20(9-10-25(14,23)24)16(22)13-5-6-15(21)19-18-13/h1-4,13-14,18H,5-10H2,(H,19,21). The third-order valence-electron chi connectivity index (χ3n) is 4.65. The van der Waals surface area contributed by atoms with Gasteiger partial charge in [0.1, 0.15) is 11.9 Å². The average Bonchev–Trinajstić information content (AvgIpc) is 2.74. The van der Waals surface area contributed by atoms with Gasteiger partial charge in [0.2, 0.25) is 11.8 Å². The van der Waals surface area contributed by atoms with Crippen LogP contribution in [0.3, 0.4) is 0 Å². The first-order valence-electron chi connectivity index (χ1n) is 8.17. The van der Waals surface area contributed by atoms with Gasteiger partial charge in [-0.2, -0.15) is 0 Å². The maximum Gasteiger partial charge on any atom is 0.241 e. The van der Waals surface area contributed by atoms with Gasteiger partial charge in [0.25, 0.3) is 0 Å². The molecular weight excluding hydrogens is 349 g/mol. The highest BCUT2D eigenvalue weighted by Crippen LogP contribution is 2.31. The topological polar surface area (TPSA) is 95.6 Å². The number of halogens is 1. The van der Waals surface area contributed by atoms with Gasteiger partial charge >= 0.3 is 0 Å². The van der Waals surface area contributed by atoms with Crippen molar-refractivity contribution < 1.29 is 22.4 Å². The largest absolute Gasteiger partial charge is 0.340 e. The lowest BCUT2D eigenvalue weighted by molar-refractivity contribution is -0.136. The number of rotatable bonds is 2. The molecule has 3 rings (SSSR count). The lowest BCUT2D eigenvalue weighted by atomic mass is 10.1. The molecule has 9 heteroatoms. The number of hydrazine groups is 1. The monoisotopic (exact) mass is 369 g/mol. The quantitative estimate of drug-likeness (QED) is 0.782. The van der Waals surface area contributed by atoms with Crippen molar-refractivity contribution in [1.82, 2.24) is 15.8 Å². The van der Waals surface area contributed by atoms with E-state index in [0.717, 1.165) is 0 Å². The summed E-state index contributed by atoms with van der Waals surface area (Å²) in [6.07, 6.45) is 0.756. The molecule has 136 valence electrons. The molecule has 2 amide bonds. The van der Waals surface area contributed by atoms with Gasteiger partial charge in [-0.25, -0.2) is 18.2 Å². The Kier molecular flexibility index (Phi) is 5.05. The van der Waals surface area contributed by atoms with E-state index in [1.165, 1.54) is 23.1 Å². The molecule has 1 aromatic rings. The summed E-state index contributed by atoms with van der Waals surface area (Å²) in [5.41, 5.74) is 5.23. The molecule has 0 spiro atoms. The number of sulfone groups is 1. The third-order valence-corrected chi connectivity index (χ3v) is 6.76. The molecule has 0 aliphatic carbocycles. The predicted octanol–water partition coefficient (Wildman–Crippen LogP) is 0.297. The van der Waals surface area contributed by atoms with Gasteiger partial charge in [-0.05, 0) is 18.9 Å². The number of carbonyl (C=O) groups excluding carboxylic acids is 2. The highest BCUT2D eigenvalue weighted by atomic mass is 32.2. The van der Waals surface area contributed by atoms with Crippen LogP contribution in [0.5, 0.6) is 0 Å². The fourth-order valence-electron chi connectivity index (χ4n) is 3.23. The number of carbonyl (C=O) groups is 2. The van der Waals surface area contributed by atoms with Crippen molar-refractivity contribution in [3.8, 4) is 0 Å². The molecule has 2 unspecified atom stereocenters. The summed E-state index contributed by atoms with van der Waals surface area (Å²) in [6.45, 7) is 0.293. The Labute approximate surface area is 145 Å². The van der Waals surface area contributed by atoms with Crippen molar-refractivity contribution in [1.29, 1.82) is 0 Å². The second-order valence-corrected chi connectivity index (χ2v) is 8.58. The van der Waals surface area contributed by atoms with E-state index in [4.69, 9.17) is 0 Å². The van der Waals surface area contributed by atoms with Crippen LogP contribution >= 0.6 is 0 Å². The molecule has 2 aliphatic rings. The van der Waals surface area contributed by atoms with Gasteiger partial charge in [-0.15, -0.1) is 0 Å². The first-order chi connectivity index (χ1) is 11.9. The highest BCUT2D eigenvalue weighted by molar-refractivity contribution is 7.91. The van der Waals surface area contributed by atoms with Gasteiger partial charge in [0.15, 0.2) is 9.84 Å². The van der Waals surface area contributed by atoms with E-state index in [9.17, 15) is 22.4 Å². The van der Waals surface area contributed by atoms with Crippen molar-refractivity contribution in [2.75, 3.05) is 18.8 Å². The minimum atomic E-state index is -3.57. The van der Waals surface area contributed by atoms with Crippen LogP contribution in [-0.2, 0) is 19.4 Å². The number of hydrogen-bond acceptors (Lipinski definition) is 5. The summed E-state index contributed by atoms with van der Waals surface area (Å²) in [4.78, 5) is 25.2. The molecule has 0 saturated carbocycles. The van der Waals surface area contributed by atoms with Crippen molar-refractivity contribution >= 4 is 21.7 Å². The molecule has 1 aromatic carbocycles. The van der Waals surface area contributed by atoms with Crippen molar-refractivity contribution in [2.24, 2.45) is 0 Å². The van der Waals surface area contributed by atoms with Crippen LogP contribution in [0.2, 0.25) is 0 Å². The molecule has 2 atom stereocenters. The molecule has 0 aromatic heterocycles. The summed E-state index contributed by atoms with van der Waals surface area (Å²) in [6, 6.07) is 5.28. The summed E-state index contributed by atoms with van der Waals surface area (Å²) >= 11 is 0. The van der Waals surface area contributed by atoms with Crippen LogP contribution in [0.15, 0.2) is 24.3 Å². The normalized spacial score (nSPS) is 26.6. The van der Waals surface area contributed by atoms with Crippen LogP contribution in [-0.4, -0.2) is 50.0 Å². The zero-order valence-electron chi connectivity index (χ0n) is 13.6. The molecule has 0 radical (unpaired) electrons. The number of amides is 2. The van der Waals surface area contributed by atoms with Crippen molar-refractivity contribution in [3.63, 3.8) is 0 Å². The number of hydrogen-bond donors (Lipinski definition) is 2. The molecule has 2 aliphatic heterocycles. The van der Waals surface area contributed by atoms with E-state index < -0.39 is 26.9 Å². The zero-order valence-corrected chi connectivity index (χ0v) is 14.4. The zero-order chi connectivity index (χ0) is 18.0. The molecule has 2 saturated heterocycles. The van der Waals surface area contributed by atoms with Gasteiger partial charge in [-0.1, -0.05) is 18.2 Å². The van der Waals surface area contributed by atoms with Crippen molar-refractivity contribution in [2.45, 2.75) is 30.6 Å². The van der Waals surface area contributed by atoms with E-state index in [1.807, 2.05) is 0 Å². The van der Waals surface area contributed by atoms with Gasteiger partial charge in [-0.3, -0.25) is 15.0 Å². The first-order valence-corrected chi connectivity index (χ1v) is 9.89. The average molecular weight is 369 g/mol. The smallest absolute Gasteiger partial charge is 0.241 e. The van der Waals surface area contributed by atoms with Crippen LogP contribution in [0, 0.1) is 5.82 Å². The fourth-order valence-corrected chi connectivity index (χ4v) is 5.03. The Balaban J connectivity index is 1.75. The van der Waals surface area contributed by atoms with Crippen LogP contribution in [0.25, 0.3) is 0 Å². The fraction of sp³-hybridized carbons (Fsp3) is 0.500. The SMILES string of the molecule is O=C1CCC(C(=O)N2CCC(c3ccccc3F)S(=O)(=O)CC2)NN1. The van der Waals surface area contributed by atoms with E-state index in [-0.39, 0.29) is 49.1 Å². The summed E-state index contributed by atoms with van der Waals surface area (Å²) < 4.78 is 39.2. The van der Waals surface area contributed by atoms with Crippen LogP contribution < -0.4 is 10.9 Å². The Morgan fingerprint density at radius 3 is 2.64 bits per heavy atom. The third kappa shape index (κ3) is 3.82. The van der Waals surface area contributed by atoms with E-state index in [1.54, 1.807) is 6.07 Å². The number of nitrogens with zero attached hydrogens (tertiary/aromatic N) is 1. The lowest BCUT2D eigenvalue weighted by Crippen LogP contribution is -2.56. The minimum absolute atomic E-state index is 0.0677. The maximum atomic E-state index is 14.0. The Morgan fingerprint density at radius 1 is 1.20 bits per heavy atom. The number of benzene rings is 1. The van der Waals surface area contributed by atoms with E-state index >= 15 is 0 Å². The lowest BCUT2D eigenvalue weighted by Gasteiger charge is -2.29. The predicted molar refractivity (Wildman–Crippen MR) is 88.4 cm³/mol. The molecule has 0 bridgehead atoms. The second-order valence-electron chi connectivity index (χ2n) is 6.27. The Morgan fingerprint density at radius 2 is 1.96 bits per heavy atom. The van der Waals surface area contributed by atoms with Gasteiger partial charge < -0.3 is 4.90 Å². The molecule has 2 fully saturated rings. The van der Waals surface area contributed by atoms with Gasteiger partial charge in [0, 0.05) is 25.1 Å². The van der Waals surface area contributed by atoms with Crippen LogP contribution in [0.1, 0.15) is 30.1 Å². The Hall–Kier alpha value is -2.00. The molecular formula is C16H20FN3O4S. The molecule has 25 heavy (non-hydrogen) atoms. The highest BCUT2D eigenvalue weighted by Gasteiger charge is 2.36. The van der Waals surface area contributed by atoms with Crippen LogP contribution in [0.4, 0.5) is 4.39 Å². The Bertz CT molecular complexity index is 773. The van der Waals surface area contributed by atoms with Gasteiger partial charge in [0.05, 0.1) is 11.0 Å². The van der Waals surface area contributed by atoms with Crippen molar-refractivity contribution in [3.05, 3.63) is 35.6 Å². The molecule has 2 N–H and O–H groups in total. The van der Waals surface area contributed by atoms with E-state index in [2.05, 4.69) is 10.9 Å². The summed E-state index contributed by atoms with van der Waals surface area (Å²) in [7, 11) is -3.57. The molecule has 7 nitrogen and oxygen atoms in total. The maximum absolute atomic E-state index is 14.0. The summed E-state index contributed by atoms with van der Waals surface area (Å²) in [5.74, 6) is -1.18. The molecule has 2 heterocycles. The first kappa shape index (κ1) is 17.8. The number of nitrogens with one attached hydrogen (secondary N) is 2. The minimum Gasteiger partial charge on any atom is -0.340 e. The second kappa shape index (κ2) is 7.09. The van der Waals surface area contributed by atoms with E-state index in [0.29, 0.717) is 6.42 Å². The summed E-state index contributed by atoms with van der Waals surface area (Å²) in [5, 5.41) is -0.953.